The minimum absolute atomic E-state index is 0.0215. The van der Waals surface area contributed by atoms with Gasteiger partial charge < -0.3 is 9.80 Å². The molecule has 0 bridgehead atoms. The summed E-state index contributed by atoms with van der Waals surface area (Å²) in [5.41, 5.74) is 2.31. The molecule has 0 spiro atoms. The number of carbonyl (C=O) groups excluding carboxylic acids is 1. The standard InChI is InChI=1S/C20H23N3O3/c1-15-7-5-6-14-22(15)19-9-4-3-8-18(19)21(2)20(24)16-10-12-17(13-11-16)23(25)26/h3-4,8-13,15H,5-7,14H2,1-2H3. The highest BCUT2D eigenvalue weighted by atomic mass is 16.6. The average molecular weight is 353 g/mol. The number of amides is 1. The number of hydrogen-bond donors (Lipinski definition) is 0. The van der Waals surface area contributed by atoms with Crippen molar-refractivity contribution in [3.05, 3.63) is 64.2 Å². The highest BCUT2D eigenvalue weighted by Crippen LogP contribution is 2.33. The van der Waals surface area contributed by atoms with E-state index in [4.69, 9.17) is 0 Å². The number of nitro benzene ring substituents is 1. The third-order valence-electron chi connectivity index (χ3n) is 4.99. The van der Waals surface area contributed by atoms with Crippen molar-refractivity contribution in [1.29, 1.82) is 0 Å². The first kappa shape index (κ1) is 17.9. The van der Waals surface area contributed by atoms with Gasteiger partial charge in [0, 0.05) is 37.3 Å². The van der Waals surface area contributed by atoms with E-state index in [1.165, 1.54) is 30.7 Å². The molecule has 136 valence electrons. The van der Waals surface area contributed by atoms with Crippen LogP contribution in [0.15, 0.2) is 48.5 Å². The molecule has 1 saturated heterocycles. The van der Waals surface area contributed by atoms with Crippen molar-refractivity contribution in [2.45, 2.75) is 32.2 Å². The third kappa shape index (κ3) is 3.54. The summed E-state index contributed by atoms with van der Waals surface area (Å²) in [6.45, 7) is 3.20. The summed E-state index contributed by atoms with van der Waals surface area (Å²) in [4.78, 5) is 27.2. The first-order valence-electron chi connectivity index (χ1n) is 8.87. The molecule has 3 rings (SSSR count). The van der Waals surface area contributed by atoms with E-state index in [1.54, 1.807) is 11.9 Å². The second-order valence-corrected chi connectivity index (χ2v) is 6.70. The van der Waals surface area contributed by atoms with Gasteiger partial charge in [-0.1, -0.05) is 12.1 Å². The van der Waals surface area contributed by atoms with Crippen molar-refractivity contribution in [2.75, 3.05) is 23.4 Å². The van der Waals surface area contributed by atoms with E-state index in [2.05, 4.69) is 17.9 Å². The van der Waals surface area contributed by atoms with Gasteiger partial charge in [0.25, 0.3) is 11.6 Å². The van der Waals surface area contributed by atoms with Crippen molar-refractivity contribution in [2.24, 2.45) is 0 Å². The number of para-hydroxylation sites is 2. The van der Waals surface area contributed by atoms with E-state index in [-0.39, 0.29) is 11.6 Å². The number of nitrogens with zero attached hydrogens (tertiary/aromatic N) is 3. The highest BCUT2D eigenvalue weighted by molar-refractivity contribution is 6.07. The normalized spacial score (nSPS) is 17.0. The van der Waals surface area contributed by atoms with Crippen LogP contribution in [-0.2, 0) is 0 Å². The smallest absolute Gasteiger partial charge is 0.269 e. The van der Waals surface area contributed by atoms with Crippen LogP contribution in [0.3, 0.4) is 0 Å². The lowest BCUT2D eigenvalue weighted by molar-refractivity contribution is -0.384. The van der Waals surface area contributed by atoms with Crippen LogP contribution >= 0.6 is 0 Å². The number of carbonyl (C=O) groups is 1. The van der Waals surface area contributed by atoms with Crippen molar-refractivity contribution in [1.82, 2.24) is 0 Å². The van der Waals surface area contributed by atoms with E-state index >= 15 is 0 Å². The molecule has 2 aromatic rings. The summed E-state index contributed by atoms with van der Waals surface area (Å²) >= 11 is 0. The first-order chi connectivity index (χ1) is 12.5. The Labute approximate surface area is 153 Å². The van der Waals surface area contributed by atoms with Crippen LogP contribution in [0, 0.1) is 10.1 Å². The van der Waals surface area contributed by atoms with Crippen LogP contribution < -0.4 is 9.80 Å². The average Bonchev–Trinajstić information content (AvgIpc) is 2.67. The molecular weight excluding hydrogens is 330 g/mol. The topological polar surface area (TPSA) is 66.7 Å². The zero-order valence-electron chi connectivity index (χ0n) is 15.1. The van der Waals surface area contributed by atoms with Gasteiger partial charge in [0.15, 0.2) is 0 Å². The van der Waals surface area contributed by atoms with Crippen molar-refractivity contribution in [3.63, 3.8) is 0 Å². The van der Waals surface area contributed by atoms with Gasteiger partial charge in [-0.3, -0.25) is 14.9 Å². The molecular formula is C20H23N3O3. The second kappa shape index (κ2) is 7.56. The highest BCUT2D eigenvalue weighted by Gasteiger charge is 2.24. The number of benzene rings is 2. The van der Waals surface area contributed by atoms with Crippen molar-refractivity contribution in [3.8, 4) is 0 Å². The Kier molecular flexibility index (Phi) is 5.21. The van der Waals surface area contributed by atoms with E-state index in [0.717, 1.165) is 30.8 Å². The van der Waals surface area contributed by atoms with Gasteiger partial charge in [-0.25, -0.2) is 0 Å². The fraction of sp³-hybridized carbons (Fsp3) is 0.350. The fourth-order valence-corrected chi connectivity index (χ4v) is 3.48. The van der Waals surface area contributed by atoms with E-state index in [1.807, 2.05) is 18.2 Å². The molecule has 6 heteroatoms. The number of rotatable bonds is 4. The molecule has 1 aliphatic heterocycles. The van der Waals surface area contributed by atoms with Gasteiger partial charge in [-0.2, -0.15) is 0 Å². The number of non-ortho nitro benzene ring substituents is 1. The van der Waals surface area contributed by atoms with E-state index in [9.17, 15) is 14.9 Å². The molecule has 0 radical (unpaired) electrons. The molecule has 6 nitrogen and oxygen atoms in total. The molecule has 2 aromatic carbocycles. The molecule has 1 unspecified atom stereocenters. The maximum atomic E-state index is 12.9. The zero-order valence-corrected chi connectivity index (χ0v) is 15.1. The van der Waals surface area contributed by atoms with Crippen molar-refractivity contribution < 1.29 is 9.72 Å². The molecule has 0 aromatic heterocycles. The summed E-state index contributed by atoms with van der Waals surface area (Å²) in [7, 11) is 1.75. The van der Waals surface area contributed by atoms with Crippen LogP contribution in [0.5, 0.6) is 0 Å². The predicted octanol–water partition coefficient (Wildman–Crippen LogP) is 4.25. The van der Waals surface area contributed by atoms with Gasteiger partial charge in [-0.15, -0.1) is 0 Å². The Balaban J connectivity index is 1.88. The molecule has 1 aliphatic rings. The number of anilines is 2. The first-order valence-corrected chi connectivity index (χ1v) is 8.87. The lowest BCUT2D eigenvalue weighted by Gasteiger charge is -2.37. The monoisotopic (exact) mass is 353 g/mol. The van der Waals surface area contributed by atoms with Crippen LogP contribution in [0.1, 0.15) is 36.5 Å². The molecule has 26 heavy (non-hydrogen) atoms. The largest absolute Gasteiger partial charge is 0.367 e. The lowest BCUT2D eigenvalue weighted by Crippen LogP contribution is -2.39. The summed E-state index contributed by atoms with van der Waals surface area (Å²) < 4.78 is 0. The molecule has 1 atom stereocenters. The minimum atomic E-state index is -0.467. The molecule has 1 fully saturated rings. The lowest BCUT2D eigenvalue weighted by atomic mass is 10.0. The maximum Gasteiger partial charge on any atom is 0.269 e. The Morgan fingerprint density at radius 3 is 2.50 bits per heavy atom. The van der Waals surface area contributed by atoms with E-state index in [0.29, 0.717) is 11.6 Å². The van der Waals surface area contributed by atoms with Crippen LogP contribution in [0.25, 0.3) is 0 Å². The van der Waals surface area contributed by atoms with Crippen molar-refractivity contribution >= 4 is 23.0 Å². The van der Waals surface area contributed by atoms with Crippen LogP contribution in [0.2, 0.25) is 0 Å². The number of nitro groups is 1. The van der Waals surface area contributed by atoms with Gasteiger partial charge in [-0.05, 0) is 50.5 Å². The Hall–Kier alpha value is -2.89. The summed E-state index contributed by atoms with van der Waals surface area (Å²) in [5.74, 6) is -0.183. The Morgan fingerprint density at radius 1 is 1.15 bits per heavy atom. The Morgan fingerprint density at radius 2 is 1.85 bits per heavy atom. The summed E-state index contributed by atoms with van der Waals surface area (Å²) in [6, 6.07) is 14.1. The predicted molar refractivity (Wildman–Crippen MR) is 103 cm³/mol. The summed E-state index contributed by atoms with van der Waals surface area (Å²) in [6.07, 6.45) is 3.53. The third-order valence-corrected chi connectivity index (χ3v) is 4.99. The van der Waals surface area contributed by atoms with Crippen LogP contribution in [0.4, 0.5) is 17.1 Å². The van der Waals surface area contributed by atoms with Gasteiger partial charge in [0.1, 0.15) is 0 Å². The molecule has 0 N–H and O–H groups in total. The molecule has 0 aliphatic carbocycles. The fourth-order valence-electron chi connectivity index (χ4n) is 3.48. The minimum Gasteiger partial charge on any atom is -0.367 e. The molecule has 1 amide bonds. The van der Waals surface area contributed by atoms with Gasteiger partial charge in [0.2, 0.25) is 0 Å². The van der Waals surface area contributed by atoms with Gasteiger partial charge in [0.05, 0.1) is 16.3 Å². The second-order valence-electron chi connectivity index (χ2n) is 6.70. The summed E-state index contributed by atoms with van der Waals surface area (Å²) in [5, 5.41) is 10.8. The van der Waals surface area contributed by atoms with E-state index < -0.39 is 4.92 Å². The Bertz CT molecular complexity index is 804. The molecule has 1 heterocycles. The quantitative estimate of drug-likeness (QED) is 0.609. The van der Waals surface area contributed by atoms with Gasteiger partial charge >= 0.3 is 0 Å². The number of piperidine rings is 1. The maximum absolute atomic E-state index is 12.9. The van der Waals surface area contributed by atoms with Crippen LogP contribution in [-0.4, -0.2) is 30.5 Å². The zero-order chi connectivity index (χ0) is 18.7. The number of hydrogen-bond acceptors (Lipinski definition) is 4. The SMILES string of the molecule is CC1CCCCN1c1ccccc1N(C)C(=O)c1ccc([N+](=O)[O-])cc1. The molecule has 0 saturated carbocycles.